The molecule has 0 fully saturated rings. The number of nitrogens with one attached hydrogen (secondary N) is 1. The Morgan fingerprint density at radius 2 is 1.85 bits per heavy atom. The molecule has 0 aliphatic heterocycles. The highest BCUT2D eigenvalue weighted by Crippen LogP contribution is 2.30. The Hall–Kier alpha value is -2.75. The number of ether oxygens (including phenoxy) is 2. The molecule has 1 atom stereocenters. The van der Waals surface area contributed by atoms with Crippen LogP contribution in [0.4, 0.5) is 0 Å². The molecule has 3 rings (SSSR count). The zero-order chi connectivity index (χ0) is 24.0. The number of carbonyl (C=O) groups is 2. The molecule has 1 heterocycles. The van der Waals surface area contributed by atoms with Gasteiger partial charge in [0.1, 0.15) is 11.0 Å². The number of aromatic nitrogens is 3. The van der Waals surface area contributed by atoms with Gasteiger partial charge in [0, 0.05) is 5.56 Å². The molecule has 33 heavy (non-hydrogen) atoms. The monoisotopic (exact) mass is 508 g/mol. The van der Waals surface area contributed by atoms with Crippen molar-refractivity contribution in [2.45, 2.75) is 30.8 Å². The van der Waals surface area contributed by atoms with E-state index in [1.807, 2.05) is 0 Å². The number of benzene rings is 2. The largest absolute Gasteiger partial charge is 0.497 e. The predicted molar refractivity (Wildman–Crippen MR) is 127 cm³/mol. The summed E-state index contributed by atoms with van der Waals surface area (Å²) in [5, 5.41) is 12.0. The molecule has 11 heteroatoms. The summed E-state index contributed by atoms with van der Waals surface area (Å²) in [6.07, 6.45) is 0. The zero-order valence-electron chi connectivity index (χ0n) is 18.2. The van der Waals surface area contributed by atoms with Gasteiger partial charge in [-0.3, -0.25) is 14.2 Å². The lowest BCUT2D eigenvalue weighted by atomic mass is 10.2. The van der Waals surface area contributed by atoms with Crippen molar-refractivity contribution in [1.82, 2.24) is 20.1 Å². The summed E-state index contributed by atoms with van der Waals surface area (Å²) in [6, 6.07) is 11.8. The molecule has 0 radical (unpaired) electrons. The Labute approximate surface area is 205 Å². The topological polar surface area (TPSA) is 95.3 Å². The van der Waals surface area contributed by atoms with Crippen LogP contribution in [-0.4, -0.2) is 45.6 Å². The number of methoxy groups -OCH3 is 1. The third-order valence-corrected chi connectivity index (χ3v) is 6.28. The summed E-state index contributed by atoms with van der Waals surface area (Å²) in [5.41, 5.74) is 1.11. The lowest BCUT2D eigenvalue weighted by Crippen LogP contribution is -2.24. The molecule has 0 spiro atoms. The number of hydrogen-bond donors (Lipinski definition) is 1. The molecule has 8 nitrogen and oxygen atoms in total. The molecule has 3 aromatic rings. The van der Waals surface area contributed by atoms with E-state index in [2.05, 4.69) is 15.5 Å². The second-order valence-electron chi connectivity index (χ2n) is 6.76. The normalized spacial score (nSPS) is 11.7. The van der Waals surface area contributed by atoms with Crippen LogP contribution in [0.3, 0.4) is 0 Å². The van der Waals surface area contributed by atoms with Gasteiger partial charge in [-0.25, -0.2) is 0 Å². The molecule has 0 aliphatic carbocycles. The fourth-order valence-electron chi connectivity index (χ4n) is 2.84. The molecule has 2 aromatic carbocycles. The van der Waals surface area contributed by atoms with E-state index >= 15 is 0 Å². The summed E-state index contributed by atoms with van der Waals surface area (Å²) in [5.74, 6) is 0.466. The Morgan fingerprint density at radius 3 is 2.48 bits per heavy atom. The van der Waals surface area contributed by atoms with Crippen LogP contribution in [0, 0.1) is 0 Å². The third-order valence-electron chi connectivity index (χ3n) is 4.52. The molecule has 1 amide bonds. The minimum absolute atomic E-state index is 0.0897. The van der Waals surface area contributed by atoms with Gasteiger partial charge in [0.15, 0.2) is 11.0 Å². The van der Waals surface area contributed by atoms with Gasteiger partial charge in [0.2, 0.25) is 0 Å². The van der Waals surface area contributed by atoms with Crippen molar-refractivity contribution in [3.63, 3.8) is 0 Å². The van der Waals surface area contributed by atoms with E-state index in [1.54, 1.807) is 68.0 Å². The second-order valence-corrected chi connectivity index (χ2v) is 8.88. The summed E-state index contributed by atoms with van der Waals surface area (Å²) in [4.78, 5) is 24.7. The number of halogens is 2. The maximum atomic E-state index is 12.6. The highest BCUT2D eigenvalue weighted by atomic mass is 35.5. The SMILES string of the molecule is CCOC(=O)C(C)Sc1nnc(CNC(=O)c2ccc(OC)cc2)n1-c1ccc(Cl)c(Cl)c1. The first-order valence-corrected chi connectivity index (χ1v) is 11.6. The average molecular weight is 509 g/mol. The number of rotatable bonds is 9. The van der Waals surface area contributed by atoms with E-state index in [1.165, 1.54) is 11.8 Å². The van der Waals surface area contributed by atoms with Crippen molar-refractivity contribution < 1.29 is 19.1 Å². The molecule has 0 saturated heterocycles. The van der Waals surface area contributed by atoms with Crippen LogP contribution in [0.1, 0.15) is 30.0 Å². The van der Waals surface area contributed by atoms with Crippen molar-refractivity contribution in [3.8, 4) is 11.4 Å². The van der Waals surface area contributed by atoms with Gasteiger partial charge >= 0.3 is 5.97 Å². The number of nitrogens with zero attached hydrogens (tertiary/aromatic N) is 3. The Kier molecular flexibility index (Phi) is 8.60. The van der Waals surface area contributed by atoms with E-state index < -0.39 is 5.25 Å². The minimum atomic E-state index is -0.516. The van der Waals surface area contributed by atoms with E-state index in [0.717, 1.165) is 0 Å². The Balaban J connectivity index is 1.86. The number of carbonyl (C=O) groups excluding carboxylic acids is 2. The highest BCUT2D eigenvalue weighted by molar-refractivity contribution is 8.00. The molecule has 1 unspecified atom stereocenters. The Bertz CT molecular complexity index is 1140. The average Bonchev–Trinajstić information content (AvgIpc) is 3.21. The van der Waals surface area contributed by atoms with Gasteiger partial charge < -0.3 is 14.8 Å². The smallest absolute Gasteiger partial charge is 0.319 e. The van der Waals surface area contributed by atoms with Crippen LogP contribution in [0.15, 0.2) is 47.6 Å². The van der Waals surface area contributed by atoms with Crippen molar-refractivity contribution in [1.29, 1.82) is 0 Å². The van der Waals surface area contributed by atoms with Crippen LogP contribution in [-0.2, 0) is 16.1 Å². The summed E-state index contributed by atoms with van der Waals surface area (Å²) in [6.45, 7) is 3.84. The Morgan fingerprint density at radius 1 is 1.12 bits per heavy atom. The van der Waals surface area contributed by atoms with Gasteiger partial charge in [-0.05, 0) is 56.3 Å². The summed E-state index contributed by atoms with van der Waals surface area (Å²) in [7, 11) is 1.56. The minimum Gasteiger partial charge on any atom is -0.497 e. The molecule has 0 saturated carbocycles. The van der Waals surface area contributed by atoms with E-state index in [-0.39, 0.29) is 25.0 Å². The lowest BCUT2D eigenvalue weighted by Gasteiger charge is -2.14. The first-order chi connectivity index (χ1) is 15.8. The van der Waals surface area contributed by atoms with E-state index in [0.29, 0.717) is 38.0 Å². The zero-order valence-corrected chi connectivity index (χ0v) is 20.5. The van der Waals surface area contributed by atoms with E-state index in [4.69, 9.17) is 32.7 Å². The van der Waals surface area contributed by atoms with Crippen LogP contribution in [0.2, 0.25) is 10.0 Å². The van der Waals surface area contributed by atoms with Crippen LogP contribution in [0.25, 0.3) is 5.69 Å². The van der Waals surface area contributed by atoms with Crippen molar-refractivity contribution >= 4 is 46.8 Å². The van der Waals surface area contributed by atoms with Crippen molar-refractivity contribution in [3.05, 3.63) is 63.9 Å². The van der Waals surface area contributed by atoms with Gasteiger partial charge in [0.25, 0.3) is 5.91 Å². The summed E-state index contributed by atoms with van der Waals surface area (Å²) >= 11 is 13.5. The molecular formula is C22H22Cl2N4O4S. The van der Waals surface area contributed by atoms with Gasteiger partial charge in [-0.1, -0.05) is 35.0 Å². The van der Waals surface area contributed by atoms with Crippen molar-refractivity contribution in [2.24, 2.45) is 0 Å². The van der Waals surface area contributed by atoms with Gasteiger partial charge in [-0.2, -0.15) is 0 Å². The number of hydrogen-bond acceptors (Lipinski definition) is 7. The number of thioether (sulfide) groups is 1. The number of esters is 1. The third kappa shape index (κ3) is 6.19. The lowest BCUT2D eigenvalue weighted by molar-refractivity contribution is -0.142. The van der Waals surface area contributed by atoms with Crippen molar-refractivity contribution in [2.75, 3.05) is 13.7 Å². The first kappa shape index (κ1) is 24.9. The number of amides is 1. The quantitative estimate of drug-likeness (QED) is 0.334. The fraction of sp³-hybridized carbons (Fsp3) is 0.273. The first-order valence-electron chi connectivity index (χ1n) is 9.99. The molecule has 174 valence electrons. The fourth-order valence-corrected chi connectivity index (χ4v) is 4.02. The molecule has 0 aliphatic rings. The van der Waals surface area contributed by atoms with E-state index in [9.17, 15) is 9.59 Å². The standard InChI is InChI=1S/C22H22Cl2N4O4S/c1-4-32-21(30)13(2)33-22-27-26-19(28(22)15-7-10-17(23)18(24)11-15)12-25-20(29)14-5-8-16(31-3)9-6-14/h5-11,13H,4,12H2,1-3H3,(H,25,29). The van der Waals surface area contributed by atoms with Gasteiger partial charge in [-0.15, -0.1) is 10.2 Å². The summed E-state index contributed by atoms with van der Waals surface area (Å²) < 4.78 is 11.9. The predicted octanol–water partition coefficient (Wildman–Crippen LogP) is 4.56. The van der Waals surface area contributed by atoms with Crippen LogP contribution in [0.5, 0.6) is 5.75 Å². The van der Waals surface area contributed by atoms with Crippen LogP contribution >= 0.6 is 35.0 Å². The molecule has 1 N–H and O–H groups in total. The van der Waals surface area contributed by atoms with Gasteiger partial charge in [0.05, 0.1) is 36.0 Å². The molecule has 0 bridgehead atoms. The second kappa shape index (κ2) is 11.4. The highest BCUT2D eigenvalue weighted by Gasteiger charge is 2.22. The van der Waals surface area contributed by atoms with Crippen LogP contribution < -0.4 is 10.1 Å². The maximum absolute atomic E-state index is 12.6. The molecule has 1 aromatic heterocycles. The molecular weight excluding hydrogens is 487 g/mol. The maximum Gasteiger partial charge on any atom is 0.319 e.